The molecule has 1 aromatic heterocycles. The van der Waals surface area contributed by atoms with Crippen LogP contribution in [0.3, 0.4) is 0 Å². The van der Waals surface area contributed by atoms with E-state index in [1.807, 2.05) is 42.3 Å². The fraction of sp³-hybridized carbons (Fsp3) is 0.400. The van der Waals surface area contributed by atoms with E-state index in [0.717, 1.165) is 30.5 Å². The molecule has 25 heavy (non-hydrogen) atoms. The summed E-state index contributed by atoms with van der Waals surface area (Å²) in [6, 6.07) is 12.2. The summed E-state index contributed by atoms with van der Waals surface area (Å²) in [4.78, 5) is 27.5. The summed E-state index contributed by atoms with van der Waals surface area (Å²) in [6.45, 7) is 0.761. The first kappa shape index (κ1) is 16.3. The van der Waals surface area contributed by atoms with Crippen LogP contribution in [0.25, 0.3) is 10.4 Å². The monoisotopic (exact) mass is 354 g/mol. The number of carbonyl (C=O) groups excluding carboxylic acids is 2. The molecule has 0 unspecified atom stereocenters. The fourth-order valence-corrected chi connectivity index (χ4v) is 4.87. The standard InChI is InChI=1S/C20H22N2O2S/c1-22(17-9-15-11-19(23)21-12-16(15)10-17)20(24)14-6-4-13(5-7-14)18-3-2-8-25-18/h2-8,15-17H,9-12H2,1H3,(H,21,23)/t15-,16+,17-/m0/s1. The minimum atomic E-state index is 0.0701. The first-order valence-electron chi connectivity index (χ1n) is 8.79. The summed E-state index contributed by atoms with van der Waals surface area (Å²) in [5, 5.41) is 5.01. The van der Waals surface area contributed by atoms with E-state index in [-0.39, 0.29) is 17.9 Å². The van der Waals surface area contributed by atoms with Crippen molar-refractivity contribution in [2.45, 2.75) is 25.3 Å². The quantitative estimate of drug-likeness (QED) is 0.918. The Labute approximate surface area is 151 Å². The molecule has 1 saturated heterocycles. The van der Waals surface area contributed by atoms with Crippen LogP contribution in [0.4, 0.5) is 0 Å². The molecule has 0 spiro atoms. The third-order valence-electron chi connectivity index (χ3n) is 5.63. The van der Waals surface area contributed by atoms with Gasteiger partial charge in [0.05, 0.1) is 0 Å². The van der Waals surface area contributed by atoms with Gasteiger partial charge in [0.25, 0.3) is 5.91 Å². The van der Waals surface area contributed by atoms with Crippen LogP contribution in [0.15, 0.2) is 41.8 Å². The van der Waals surface area contributed by atoms with E-state index < -0.39 is 0 Å². The van der Waals surface area contributed by atoms with E-state index >= 15 is 0 Å². The molecule has 130 valence electrons. The molecular weight excluding hydrogens is 332 g/mol. The Kier molecular flexibility index (Phi) is 4.34. The van der Waals surface area contributed by atoms with E-state index in [4.69, 9.17) is 0 Å². The predicted molar refractivity (Wildman–Crippen MR) is 99.5 cm³/mol. The maximum atomic E-state index is 12.8. The lowest BCUT2D eigenvalue weighted by Gasteiger charge is -2.25. The normalized spacial score (nSPS) is 25.3. The van der Waals surface area contributed by atoms with Crippen molar-refractivity contribution in [2.24, 2.45) is 11.8 Å². The van der Waals surface area contributed by atoms with E-state index in [0.29, 0.717) is 18.3 Å². The van der Waals surface area contributed by atoms with Crippen LogP contribution >= 0.6 is 11.3 Å². The van der Waals surface area contributed by atoms with Gasteiger partial charge >= 0.3 is 0 Å². The number of rotatable bonds is 3. The van der Waals surface area contributed by atoms with Crippen molar-refractivity contribution in [3.63, 3.8) is 0 Å². The zero-order valence-electron chi connectivity index (χ0n) is 14.3. The third kappa shape index (κ3) is 3.21. The molecule has 1 aliphatic carbocycles. The molecule has 4 rings (SSSR count). The highest BCUT2D eigenvalue weighted by atomic mass is 32.1. The SMILES string of the molecule is CN(C(=O)c1ccc(-c2cccs2)cc1)[C@H]1C[C@H]2CC(=O)NC[C@H]2C1. The van der Waals surface area contributed by atoms with Crippen LogP contribution in [0.2, 0.25) is 0 Å². The molecule has 5 heteroatoms. The second-order valence-corrected chi connectivity index (χ2v) is 8.07. The van der Waals surface area contributed by atoms with Crippen LogP contribution in [-0.2, 0) is 4.79 Å². The molecule has 2 fully saturated rings. The van der Waals surface area contributed by atoms with Gasteiger partial charge in [0.15, 0.2) is 0 Å². The van der Waals surface area contributed by atoms with Gasteiger partial charge < -0.3 is 10.2 Å². The molecule has 2 aromatic rings. The van der Waals surface area contributed by atoms with Crippen LogP contribution in [0, 0.1) is 11.8 Å². The first-order chi connectivity index (χ1) is 12.1. The summed E-state index contributed by atoms with van der Waals surface area (Å²) in [7, 11) is 1.90. The van der Waals surface area contributed by atoms with Gasteiger partial charge in [0.2, 0.25) is 5.91 Å². The number of fused-ring (bicyclic) bond motifs is 1. The first-order valence-corrected chi connectivity index (χ1v) is 9.67. The second kappa shape index (κ2) is 6.64. The zero-order chi connectivity index (χ0) is 17.4. The summed E-state index contributed by atoms with van der Waals surface area (Å²) in [6.07, 6.45) is 2.53. The fourth-order valence-electron chi connectivity index (χ4n) is 4.14. The van der Waals surface area contributed by atoms with Gasteiger partial charge in [-0.25, -0.2) is 0 Å². The summed E-state index contributed by atoms with van der Waals surface area (Å²) >= 11 is 1.70. The number of amides is 2. The number of hydrogen-bond donors (Lipinski definition) is 1. The van der Waals surface area contributed by atoms with Crippen LogP contribution in [-0.4, -0.2) is 36.3 Å². The molecule has 3 atom stereocenters. The van der Waals surface area contributed by atoms with Crippen molar-refractivity contribution in [3.8, 4) is 10.4 Å². The lowest BCUT2D eigenvalue weighted by Crippen LogP contribution is -2.38. The number of benzene rings is 1. The maximum Gasteiger partial charge on any atom is 0.253 e. The lowest BCUT2D eigenvalue weighted by atomic mass is 9.89. The molecule has 1 saturated carbocycles. The molecule has 1 aromatic carbocycles. The van der Waals surface area contributed by atoms with Crippen molar-refractivity contribution in [2.75, 3.05) is 13.6 Å². The minimum Gasteiger partial charge on any atom is -0.356 e. The topological polar surface area (TPSA) is 49.4 Å². The highest BCUT2D eigenvalue weighted by molar-refractivity contribution is 7.13. The van der Waals surface area contributed by atoms with Gasteiger partial charge in [-0.3, -0.25) is 9.59 Å². The van der Waals surface area contributed by atoms with E-state index in [9.17, 15) is 9.59 Å². The van der Waals surface area contributed by atoms with Crippen LogP contribution in [0.1, 0.15) is 29.6 Å². The van der Waals surface area contributed by atoms with Gasteiger partial charge in [-0.2, -0.15) is 0 Å². The van der Waals surface area contributed by atoms with Crippen LogP contribution < -0.4 is 5.32 Å². The highest BCUT2D eigenvalue weighted by Crippen LogP contribution is 2.38. The van der Waals surface area contributed by atoms with Gasteiger partial charge in [-0.05, 0) is 53.8 Å². The molecule has 1 N–H and O–H groups in total. The zero-order valence-corrected chi connectivity index (χ0v) is 15.1. The Hall–Kier alpha value is -2.14. The number of nitrogens with one attached hydrogen (secondary N) is 1. The van der Waals surface area contributed by atoms with Crippen molar-refractivity contribution in [1.82, 2.24) is 10.2 Å². The summed E-state index contributed by atoms with van der Waals surface area (Å²) < 4.78 is 0. The van der Waals surface area contributed by atoms with Crippen molar-refractivity contribution < 1.29 is 9.59 Å². The smallest absolute Gasteiger partial charge is 0.253 e. The third-order valence-corrected chi connectivity index (χ3v) is 6.55. The number of carbonyl (C=O) groups is 2. The Bertz CT molecular complexity index is 770. The summed E-state index contributed by atoms with van der Waals surface area (Å²) in [5.41, 5.74) is 1.87. The predicted octanol–water partition coefficient (Wildman–Crippen LogP) is 3.40. The van der Waals surface area contributed by atoms with Gasteiger partial charge in [-0.15, -0.1) is 11.3 Å². The Morgan fingerprint density at radius 3 is 2.64 bits per heavy atom. The largest absolute Gasteiger partial charge is 0.356 e. The number of nitrogens with zero attached hydrogens (tertiary/aromatic N) is 1. The lowest BCUT2D eigenvalue weighted by molar-refractivity contribution is -0.124. The minimum absolute atomic E-state index is 0.0701. The number of hydrogen-bond acceptors (Lipinski definition) is 3. The van der Waals surface area contributed by atoms with Crippen LogP contribution in [0.5, 0.6) is 0 Å². The molecule has 2 amide bonds. The highest BCUT2D eigenvalue weighted by Gasteiger charge is 2.40. The molecule has 0 radical (unpaired) electrons. The number of piperidine rings is 1. The molecule has 1 aliphatic heterocycles. The average Bonchev–Trinajstić information content (AvgIpc) is 3.30. The van der Waals surface area contributed by atoms with Crippen molar-refractivity contribution in [3.05, 3.63) is 47.3 Å². The molecule has 0 bridgehead atoms. The second-order valence-electron chi connectivity index (χ2n) is 7.12. The molecular formula is C20H22N2O2S. The Morgan fingerprint density at radius 1 is 1.16 bits per heavy atom. The Morgan fingerprint density at radius 2 is 1.92 bits per heavy atom. The summed E-state index contributed by atoms with van der Waals surface area (Å²) in [5.74, 6) is 1.16. The van der Waals surface area contributed by atoms with Crippen molar-refractivity contribution >= 4 is 23.2 Å². The van der Waals surface area contributed by atoms with E-state index in [1.54, 1.807) is 11.3 Å². The van der Waals surface area contributed by atoms with Gasteiger partial charge in [0.1, 0.15) is 0 Å². The molecule has 2 aliphatic rings. The molecule has 2 heterocycles. The van der Waals surface area contributed by atoms with Gasteiger partial charge in [-0.1, -0.05) is 18.2 Å². The van der Waals surface area contributed by atoms with E-state index in [1.165, 1.54) is 4.88 Å². The maximum absolute atomic E-state index is 12.8. The van der Waals surface area contributed by atoms with E-state index in [2.05, 4.69) is 16.8 Å². The van der Waals surface area contributed by atoms with Crippen molar-refractivity contribution in [1.29, 1.82) is 0 Å². The average molecular weight is 354 g/mol. The molecule has 4 nitrogen and oxygen atoms in total. The Balaban J connectivity index is 1.44. The van der Waals surface area contributed by atoms with Gasteiger partial charge in [0, 0.05) is 36.5 Å². The number of thiophene rings is 1.